The van der Waals surface area contributed by atoms with Crippen molar-refractivity contribution in [2.45, 2.75) is 13.5 Å². The summed E-state index contributed by atoms with van der Waals surface area (Å²) < 4.78 is 0. The first-order chi connectivity index (χ1) is 7.29. The molecule has 0 saturated carbocycles. The largest absolute Gasteiger partial charge is 0.326 e. The second kappa shape index (κ2) is 7.28. The highest BCUT2D eigenvalue weighted by Crippen LogP contribution is 2.20. The highest BCUT2D eigenvalue weighted by atomic mass is 35.5. The number of pyridine rings is 1. The lowest BCUT2D eigenvalue weighted by molar-refractivity contribution is 1.05. The van der Waals surface area contributed by atoms with Crippen LogP contribution < -0.4 is 5.73 Å². The summed E-state index contributed by atoms with van der Waals surface area (Å²) in [6.45, 7) is 2.62. The number of rotatable bonds is 2. The monoisotopic (exact) mass is 270 g/mol. The number of aromatic nitrogens is 1. The molecule has 0 bridgehead atoms. The van der Waals surface area contributed by atoms with Crippen LogP contribution in [0.1, 0.15) is 11.1 Å². The molecule has 1 aromatic carbocycles. The molecule has 2 nitrogen and oxygen atoms in total. The lowest BCUT2D eigenvalue weighted by Gasteiger charge is -2.04. The molecule has 17 heavy (non-hydrogen) atoms. The molecule has 2 rings (SSSR count). The highest BCUT2D eigenvalue weighted by molar-refractivity contribution is 5.85. The van der Waals surface area contributed by atoms with Gasteiger partial charge in [0.15, 0.2) is 0 Å². The molecule has 0 amide bonds. The van der Waals surface area contributed by atoms with Crippen molar-refractivity contribution in [3.8, 4) is 11.1 Å². The van der Waals surface area contributed by atoms with Gasteiger partial charge >= 0.3 is 0 Å². The van der Waals surface area contributed by atoms with Crippen LogP contribution in [0.4, 0.5) is 0 Å². The standard InChI is InChI=1S/C13H14N2.2ClH/c1-10-3-2-4-12(5-10)13-6-11(7-14)8-15-9-13;;/h2-6,8-9H,7,14H2,1H3;2*1H. The molecular formula is C13H16Cl2N2. The second-order valence-corrected chi connectivity index (χ2v) is 3.66. The van der Waals surface area contributed by atoms with Crippen molar-refractivity contribution in [3.63, 3.8) is 0 Å². The van der Waals surface area contributed by atoms with Gasteiger partial charge in [-0.15, -0.1) is 24.8 Å². The van der Waals surface area contributed by atoms with E-state index in [-0.39, 0.29) is 24.8 Å². The van der Waals surface area contributed by atoms with Crippen molar-refractivity contribution >= 4 is 24.8 Å². The van der Waals surface area contributed by atoms with Gasteiger partial charge in [0.1, 0.15) is 0 Å². The van der Waals surface area contributed by atoms with Gasteiger partial charge in [0.05, 0.1) is 0 Å². The molecule has 0 unspecified atom stereocenters. The summed E-state index contributed by atoms with van der Waals surface area (Å²) in [5.74, 6) is 0. The van der Waals surface area contributed by atoms with Gasteiger partial charge in [0.25, 0.3) is 0 Å². The van der Waals surface area contributed by atoms with E-state index < -0.39 is 0 Å². The second-order valence-electron chi connectivity index (χ2n) is 3.66. The number of hydrogen-bond donors (Lipinski definition) is 1. The van der Waals surface area contributed by atoms with Gasteiger partial charge in [0, 0.05) is 24.5 Å². The molecule has 0 saturated heterocycles. The summed E-state index contributed by atoms with van der Waals surface area (Å²) in [6, 6.07) is 10.5. The topological polar surface area (TPSA) is 38.9 Å². The smallest absolute Gasteiger partial charge is 0.0346 e. The van der Waals surface area contributed by atoms with E-state index in [1.807, 2.05) is 6.20 Å². The summed E-state index contributed by atoms with van der Waals surface area (Å²) >= 11 is 0. The van der Waals surface area contributed by atoms with E-state index in [4.69, 9.17) is 5.73 Å². The zero-order chi connectivity index (χ0) is 10.7. The minimum absolute atomic E-state index is 0. The zero-order valence-electron chi connectivity index (χ0n) is 9.59. The van der Waals surface area contributed by atoms with Crippen molar-refractivity contribution in [2.24, 2.45) is 5.73 Å². The first-order valence-electron chi connectivity index (χ1n) is 5.00. The Morgan fingerprint density at radius 2 is 1.82 bits per heavy atom. The van der Waals surface area contributed by atoms with Crippen molar-refractivity contribution < 1.29 is 0 Å². The lowest BCUT2D eigenvalue weighted by atomic mass is 10.0. The van der Waals surface area contributed by atoms with E-state index in [0.29, 0.717) is 6.54 Å². The van der Waals surface area contributed by atoms with Gasteiger partial charge < -0.3 is 5.73 Å². The number of aryl methyl sites for hydroxylation is 1. The fourth-order valence-electron chi connectivity index (χ4n) is 1.58. The Morgan fingerprint density at radius 1 is 1.06 bits per heavy atom. The van der Waals surface area contributed by atoms with Crippen molar-refractivity contribution in [1.82, 2.24) is 4.98 Å². The molecule has 0 aliphatic carbocycles. The lowest BCUT2D eigenvalue weighted by Crippen LogP contribution is -1.97. The zero-order valence-corrected chi connectivity index (χ0v) is 11.2. The Balaban J connectivity index is 0.00000128. The van der Waals surface area contributed by atoms with E-state index in [9.17, 15) is 0 Å². The SMILES string of the molecule is Cc1cccc(-c2cncc(CN)c2)c1.Cl.Cl. The van der Waals surface area contributed by atoms with Crippen molar-refractivity contribution in [1.29, 1.82) is 0 Å². The Labute approximate surface area is 114 Å². The van der Waals surface area contributed by atoms with Crippen molar-refractivity contribution in [2.75, 3.05) is 0 Å². The van der Waals surface area contributed by atoms with E-state index in [0.717, 1.165) is 11.1 Å². The van der Waals surface area contributed by atoms with Crippen LogP contribution in [0.5, 0.6) is 0 Å². The minimum atomic E-state index is 0. The Bertz CT molecular complexity index is 472. The molecule has 1 heterocycles. The van der Waals surface area contributed by atoms with Gasteiger partial charge in [0.2, 0.25) is 0 Å². The van der Waals surface area contributed by atoms with Crippen LogP contribution in [0, 0.1) is 6.92 Å². The van der Waals surface area contributed by atoms with Crippen LogP contribution in [-0.4, -0.2) is 4.98 Å². The van der Waals surface area contributed by atoms with Crippen LogP contribution in [0.3, 0.4) is 0 Å². The maximum atomic E-state index is 5.59. The van der Waals surface area contributed by atoms with Gasteiger partial charge in [-0.25, -0.2) is 0 Å². The van der Waals surface area contributed by atoms with Gasteiger partial charge in [-0.1, -0.05) is 29.8 Å². The predicted molar refractivity (Wildman–Crippen MR) is 76.8 cm³/mol. The third kappa shape index (κ3) is 4.00. The maximum Gasteiger partial charge on any atom is 0.0346 e. The van der Waals surface area contributed by atoms with Crippen molar-refractivity contribution in [3.05, 3.63) is 53.9 Å². The molecule has 4 heteroatoms. The first kappa shape index (κ1) is 15.9. The quantitative estimate of drug-likeness (QED) is 0.909. The molecule has 0 aliphatic rings. The third-order valence-corrected chi connectivity index (χ3v) is 2.38. The number of nitrogens with zero attached hydrogens (tertiary/aromatic N) is 1. The molecule has 0 fully saturated rings. The molecule has 2 N–H and O–H groups in total. The van der Waals surface area contributed by atoms with Gasteiger partial charge in [-0.2, -0.15) is 0 Å². The predicted octanol–water partition coefficient (Wildman–Crippen LogP) is 3.36. The van der Waals surface area contributed by atoms with E-state index in [1.165, 1.54) is 11.1 Å². The van der Waals surface area contributed by atoms with Crippen LogP contribution in [0.2, 0.25) is 0 Å². The van der Waals surface area contributed by atoms with Crippen LogP contribution in [0.15, 0.2) is 42.7 Å². The Hall–Kier alpha value is -1.09. The average Bonchev–Trinajstić information content (AvgIpc) is 2.29. The number of hydrogen-bond acceptors (Lipinski definition) is 2. The van der Waals surface area contributed by atoms with E-state index >= 15 is 0 Å². The molecule has 0 spiro atoms. The summed E-state index contributed by atoms with van der Waals surface area (Å²) in [6.07, 6.45) is 3.67. The van der Waals surface area contributed by atoms with Gasteiger partial charge in [-0.3, -0.25) is 4.98 Å². The normalized spacial score (nSPS) is 9.06. The highest BCUT2D eigenvalue weighted by Gasteiger charge is 1.99. The molecule has 2 aromatic rings. The third-order valence-electron chi connectivity index (χ3n) is 2.38. The fraction of sp³-hybridized carbons (Fsp3) is 0.154. The number of nitrogens with two attached hydrogens (primary N) is 1. The fourth-order valence-corrected chi connectivity index (χ4v) is 1.58. The van der Waals surface area contributed by atoms with E-state index in [2.05, 4.69) is 42.2 Å². The van der Waals surface area contributed by atoms with Crippen LogP contribution in [-0.2, 0) is 6.54 Å². The maximum absolute atomic E-state index is 5.59. The molecule has 0 atom stereocenters. The number of halogens is 2. The number of benzene rings is 1. The first-order valence-corrected chi connectivity index (χ1v) is 5.00. The van der Waals surface area contributed by atoms with Gasteiger partial charge in [-0.05, 0) is 24.1 Å². The van der Waals surface area contributed by atoms with Crippen LogP contribution >= 0.6 is 24.8 Å². The Kier molecular flexibility index (Phi) is 6.81. The Morgan fingerprint density at radius 3 is 2.47 bits per heavy atom. The van der Waals surface area contributed by atoms with E-state index in [1.54, 1.807) is 6.20 Å². The molecule has 92 valence electrons. The summed E-state index contributed by atoms with van der Waals surface area (Å²) in [4.78, 5) is 4.18. The van der Waals surface area contributed by atoms with Crippen LogP contribution in [0.25, 0.3) is 11.1 Å². The summed E-state index contributed by atoms with van der Waals surface area (Å²) in [5.41, 5.74) is 10.2. The average molecular weight is 271 g/mol. The minimum Gasteiger partial charge on any atom is -0.326 e. The molecular weight excluding hydrogens is 255 g/mol. The molecule has 0 radical (unpaired) electrons. The summed E-state index contributed by atoms with van der Waals surface area (Å²) in [5, 5.41) is 0. The summed E-state index contributed by atoms with van der Waals surface area (Å²) in [7, 11) is 0. The molecule has 1 aromatic heterocycles. The molecule has 0 aliphatic heterocycles.